The second-order valence-corrected chi connectivity index (χ2v) is 8.81. The molecular formula is C10H24N3O16P3. The molecule has 0 radical (unpaired) electrons. The van der Waals surface area contributed by atoms with E-state index in [0.717, 1.165) is 0 Å². The first kappa shape index (κ1) is 33.1. The SMILES string of the molecule is Cc1cn([C@H]2CC(N)[C@@H](CO)O2)c(=O)[nH]c1=O.O=P(O)(O)O.O=P(O)(O)O.O=P(O)(O)O. The summed E-state index contributed by atoms with van der Waals surface area (Å²) in [6.45, 7) is 1.42. The Morgan fingerprint density at radius 2 is 1.38 bits per heavy atom. The van der Waals surface area contributed by atoms with Crippen LogP contribution in [0.15, 0.2) is 15.8 Å². The number of aliphatic hydroxyl groups is 1. The number of hydrogen-bond acceptors (Lipinski definition) is 8. The summed E-state index contributed by atoms with van der Waals surface area (Å²) >= 11 is 0. The van der Waals surface area contributed by atoms with Gasteiger partial charge >= 0.3 is 29.2 Å². The van der Waals surface area contributed by atoms with Crippen molar-refractivity contribution in [3.63, 3.8) is 0 Å². The Morgan fingerprint density at radius 3 is 1.69 bits per heavy atom. The third-order valence-electron chi connectivity index (χ3n) is 2.92. The Kier molecular flexibility index (Phi) is 14.0. The largest absolute Gasteiger partial charge is 0.466 e. The zero-order valence-electron chi connectivity index (χ0n) is 16.0. The van der Waals surface area contributed by atoms with Gasteiger partial charge in [-0.3, -0.25) is 14.3 Å². The van der Waals surface area contributed by atoms with Crippen LogP contribution >= 0.6 is 23.5 Å². The maximum Gasteiger partial charge on any atom is 0.466 e. The second-order valence-electron chi connectivity index (χ2n) is 5.73. The van der Waals surface area contributed by atoms with Gasteiger partial charge in [-0.25, -0.2) is 18.5 Å². The number of hydrogen-bond donors (Lipinski definition) is 12. The summed E-state index contributed by atoms with van der Waals surface area (Å²) in [5.41, 5.74) is 5.25. The molecule has 3 atom stereocenters. The van der Waals surface area contributed by atoms with Crippen LogP contribution in [-0.4, -0.2) is 77.5 Å². The number of aryl methyl sites for hydroxylation is 1. The highest BCUT2D eigenvalue weighted by Crippen LogP contribution is 2.27. The van der Waals surface area contributed by atoms with E-state index in [1.807, 2.05) is 0 Å². The first-order chi connectivity index (χ1) is 14.0. The Labute approximate surface area is 178 Å². The van der Waals surface area contributed by atoms with E-state index in [2.05, 4.69) is 4.98 Å². The van der Waals surface area contributed by atoms with Gasteiger partial charge in [0, 0.05) is 24.2 Å². The van der Waals surface area contributed by atoms with Gasteiger partial charge in [0.1, 0.15) is 6.23 Å². The van der Waals surface area contributed by atoms with Gasteiger partial charge in [0.25, 0.3) is 5.56 Å². The van der Waals surface area contributed by atoms with Crippen LogP contribution in [-0.2, 0) is 18.4 Å². The van der Waals surface area contributed by atoms with Crippen molar-refractivity contribution < 1.29 is 67.6 Å². The average molecular weight is 535 g/mol. The highest BCUT2D eigenvalue weighted by atomic mass is 31.2. The lowest BCUT2D eigenvalue weighted by Gasteiger charge is -2.14. The summed E-state index contributed by atoms with van der Waals surface area (Å²) in [5, 5.41) is 9.02. The van der Waals surface area contributed by atoms with E-state index >= 15 is 0 Å². The molecule has 19 nitrogen and oxygen atoms in total. The Bertz CT molecular complexity index is 886. The summed E-state index contributed by atoms with van der Waals surface area (Å²) < 4.78 is 33.4. The summed E-state index contributed by atoms with van der Waals surface area (Å²) in [4.78, 5) is 89.7. The lowest BCUT2D eigenvalue weighted by molar-refractivity contribution is -0.0271. The third kappa shape index (κ3) is 20.8. The monoisotopic (exact) mass is 535 g/mol. The molecule has 13 N–H and O–H groups in total. The number of rotatable bonds is 2. The summed E-state index contributed by atoms with van der Waals surface area (Å²) in [6.07, 6.45) is 0.860. The van der Waals surface area contributed by atoms with Crippen LogP contribution < -0.4 is 17.0 Å². The van der Waals surface area contributed by atoms with Gasteiger partial charge in [-0.05, 0) is 6.92 Å². The molecule has 22 heteroatoms. The van der Waals surface area contributed by atoms with Crippen LogP contribution in [0.1, 0.15) is 18.2 Å². The molecule has 0 aliphatic carbocycles. The van der Waals surface area contributed by atoms with E-state index in [4.69, 9.17) is 73.3 Å². The minimum absolute atomic E-state index is 0.186. The van der Waals surface area contributed by atoms with Crippen LogP contribution in [0.5, 0.6) is 0 Å². The van der Waals surface area contributed by atoms with Crippen LogP contribution in [0.2, 0.25) is 0 Å². The lowest BCUT2D eigenvalue weighted by Crippen LogP contribution is -2.33. The fourth-order valence-corrected chi connectivity index (χ4v) is 1.90. The minimum Gasteiger partial charge on any atom is -0.394 e. The number of nitrogens with two attached hydrogens (primary N) is 1. The van der Waals surface area contributed by atoms with Gasteiger partial charge in [0.15, 0.2) is 0 Å². The molecule has 0 aromatic carbocycles. The van der Waals surface area contributed by atoms with Gasteiger partial charge < -0.3 is 59.6 Å². The molecule has 2 rings (SSSR count). The molecule has 0 amide bonds. The molecule has 1 aromatic heterocycles. The first-order valence-corrected chi connectivity index (χ1v) is 12.4. The van der Waals surface area contributed by atoms with E-state index in [0.29, 0.717) is 12.0 Å². The predicted molar refractivity (Wildman–Crippen MR) is 102 cm³/mol. The average Bonchev–Trinajstić information content (AvgIpc) is 2.86. The van der Waals surface area contributed by atoms with E-state index in [-0.39, 0.29) is 12.6 Å². The van der Waals surface area contributed by atoms with Gasteiger partial charge in [-0.1, -0.05) is 0 Å². The number of aliphatic hydroxyl groups excluding tert-OH is 1. The quantitative estimate of drug-likeness (QED) is 0.159. The molecule has 1 saturated heterocycles. The summed E-state index contributed by atoms with van der Waals surface area (Å²) in [5.74, 6) is 0. The second kappa shape index (κ2) is 13.6. The number of aromatic nitrogens is 2. The Balaban J connectivity index is 0. The molecule has 190 valence electrons. The molecule has 0 bridgehead atoms. The maximum atomic E-state index is 11.6. The number of phosphoric acid groups is 3. The Morgan fingerprint density at radius 1 is 1.00 bits per heavy atom. The zero-order chi connectivity index (χ0) is 26.1. The van der Waals surface area contributed by atoms with Crippen LogP contribution in [0, 0.1) is 6.92 Å². The topological polar surface area (TPSA) is 344 Å². The zero-order valence-corrected chi connectivity index (χ0v) is 18.7. The van der Waals surface area contributed by atoms with Crippen LogP contribution in [0.4, 0.5) is 0 Å². The van der Waals surface area contributed by atoms with Gasteiger partial charge in [-0.2, -0.15) is 0 Å². The number of H-pyrrole nitrogens is 1. The number of nitrogens with one attached hydrogen (secondary N) is 1. The molecule has 0 saturated carbocycles. The van der Waals surface area contributed by atoms with Gasteiger partial charge in [-0.15, -0.1) is 0 Å². The van der Waals surface area contributed by atoms with E-state index < -0.39 is 47.0 Å². The molecule has 1 fully saturated rings. The molecule has 1 unspecified atom stereocenters. The van der Waals surface area contributed by atoms with Crippen molar-refractivity contribution in [2.24, 2.45) is 5.73 Å². The first-order valence-electron chi connectivity index (χ1n) is 7.71. The normalized spacial score (nSPS) is 20.7. The molecule has 1 aliphatic rings. The van der Waals surface area contributed by atoms with Crippen molar-refractivity contribution in [1.29, 1.82) is 0 Å². The van der Waals surface area contributed by atoms with Crippen molar-refractivity contribution >= 4 is 23.5 Å². The molecule has 1 aromatic rings. The van der Waals surface area contributed by atoms with Gasteiger partial charge in [0.2, 0.25) is 0 Å². The number of ether oxygens (including phenoxy) is 1. The minimum atomic E-state index is -4.64. The van der Waals surface area contributed by atoms with Crippen molar-refractivity contribution in [2.75, 3.05) is 6.61 Å². The Hall–Kier alpha value is -1.11. The molecule has 0 spiro atoms. The van der Waals surface area contributed by atoms with E-state index in [1.54, 1.807) is 6.92 Å². The molecule has 32 heavy (non-hydrogen) atoms. The fourth-order valence-electron chi connectivity index (χ4n) is 1.90. The maximum absolute atomic E-state index is 11.6. The van der Waals surface area contributed by atoms with Crippen molar-refractivity contribution in [1.82, 2.24) is 9.55 Å². The highest BCUT2D eigenvalue weighted by molar-refractivity contribution is 7.45. The summed E-state index contributed by atoms with van der Waals surface area (Å²) in [6, 6.07) is -0.316. The standard InChI is InChI=1S/C10H15N3O4.3H3O4P/c1-5-3-13(10(16)12-9(5)15)8-2-6(11)7(4-14)17-8;3*1-5(2,3)4/h3,6-8,14H,2,4,11H2,1H3,(H,12,15,16);3*(H3,1,2,3,4)/t6?,7-,8-;;;/m1.../s1. The third-order valence-corrected chi connectivity index (χ3v) is 2.92. The summed E-state index contributed by atoms with van der Waals surface area (Å²) in [7, 11) is -13.9. The molecule has 1 aliphatic heterocycles. The van der Waals surface area contributed by atoms with E-state index in [9.17, 15) is 9.59 Å². The van der Waals surface area contributed by atoms with Crippen molar-refractivity contribution in [3.8, 4) is 0 Å². The predicted octanol–water partition coefficient (Wildman–Crippen LogP) is -4.33. The smallest absolute Gasteiger partial charge is 0.394 e. The van der Waals surface area contributed by atoms with Crippen molar-refractivity contribution in [2.45, 2.75) is 31.7 Å². The highest BCUT2D eigenvalue weighted by Gasteiger charge is 2.33. The number of nitrogens with zero attached hydrogens (tertiary/aromatic N) is 1. The van der Waals surface area contributed by atoms with Crippen LogP contribution in [0.25, 0.3) is 0 Å². The van der Waals surface area contributed by atoms with Crippen LogP contribution in [0.3, 0.4) is 0 Å². The fraction of sp³-hybridized carbons (Fsp3) is 0.600. The number of aromatic amines is 1. The molecular weight excluding hydrogens is 511 g/mol. The van der Waals surface area contributed by atoms with E-state index in [1.165, 1.54) is 10.8 Å². The lowest BCUT2D eigenvalue weighted by atomic mass is 10.1. The van der Waals surface area contributed by atoms with Crippen molar-refractivity contribution in [3.05, 3.63) is 32.6 Å². The molecule has 2 heterocycles. The van der Waals surface area contributed by atoms with Gasteiger partial charge in [0.05, 0.1) is 12.7 Å².